The first-order chi connectivity index (χ1) is 5.37. The Kier molecular flexibility index (Phi) is 3.67. The van der Waals surface area contributed by atoms with Gasteiger partial charge in [0.2, 0.25) is 0 Å². The van der Waals surface area contributed by atoms with Gasteiger partial charge in [0.15, 0.2) is 5.60 Å². The van der Waals surface area contributed by atoms with Crippen LogP contribution in [0.15, 0.2) is 0 Å². The molecule has 0 radical (unpaired) electrons. The zero-order valence-corrected chi connectivity index (χ0v) is 8.00. The third-order valence-corrected chi connectivity index (χ3v) is 2.25. The zero-order chi connectivity index (χ0) is 9.94. The summed E-state index contributed by atoms with van der Waals surface area (Å²) in [5, 5.41) is 9.83. The van der Waals surface area contributed by atoms with Gasteiger partial charge in [-0.15, -0.1) is 0 Å². The van der Waals surface area contributed by atoms with E-state index in [9.17, 15) is 9.90 Å². The van der Waals surface area contributed by atoms with Crippen LogP contribution in [0.4, 0.5) is 0 Å². The normalized spacial score (nSPS) is 18.8. The molecule has 0 aliphatic carbocycles. The van der Waals surface area contributed by atoms with Crippen molar-refractivity contribution in [3.05, 3.63) is 0 Å². The van der Waals surface area contributed by atoms with Gasteiger partial charge in [-0.3, -0.25) is 4.79 Å². The van der Waals surface area contributed by atoms with E-state index in [2.05, 4.69) is 0 Å². The fourth-order valence-corrected chi connectivity index (χ4v) is 1.13. The van der Waals surface area contributed by atoms with Crippen molar-refractivity contribution in [2.24, 2.45) is 11.7 Å². The van der Waals surface area contributed by atoms with E-state index in [1.165, 1.54) is 7.11 Å². The van der Waals surface area contributed by atoms with E-state index in [4.69, 9.17) is 10.5 Å². The van der Waals surface area contributed by atoms with Gasteiger partial charge in [0.05, 0.1) is 6.10 Å². The molecule has 0 fully saturated rings. The number of rotatable bonds is 4. The molecule has 0 aliphatic rings. The van der Waals surface area contributed by atoms with E-state index in [1.807, 2.05) is 0 Å². The van der Waals surface area contributed by atoms with Crippen molar-refractivity contribution in [1.29, 1.82) is 0 Å². The minimum absolute atomic E-state index is 0.259. The number of hydrogen-bond donors (Lipinski definition) is 2. The van der Waals surface area contributed by atoms with E-state index < -0.39 is 17.6 Å². The zero-order valence-electron chi connectivity index (χ0n) is 8.00. The van der Waals surface area contributed by atoms with Crippen molar-refractivity contribution in [3.63, 3.8) is 0 Å². The fourth-order valence-electron chi connectivity index (χ4n) is 1.13. The summed E-state index contributed by atoms with van der Waals surface area (Å²) in [6.45, 7) is 5.06. The molecule has 12 heavy (non-hydrogen) atoms. The summed E-state index contributed by atoms with van der Waals surface area (Å²) in [5.74, 6) is -1.00. The predicted octanol–water partition coefficient (Wildman–Crippen LogP) is -0.106. The SMILES string of the molecule is CO[C@H](C)[C@](O)(C(N)=O)C(C)C. The summed E-state index contributed by atoms with van der Waals surface area (Å²) in [7, 11) is 1.43. The number of ether oxygens (including phenoxy) is 1. The molecule has 0 aromatic carbocycles. The highest BCUT2D eigenvalue weighted by molar-refractivity contribution is 5.84. The Labute approximate surface area is 72.7 Å². The standard InChI is InChI=1S/C8H17NO3/c1-5(2)8(11,7(9)10)6(3)12-4/h5-6,11H,1-4H3,(H2,9,10)/t6-,8+/m1/s1. The van der Waals surface area contributed by atoms with Gasteiger partial charge in [0.1, 0.15) is 0 Å². The lowest BCUT2D eigenvalue weighted by Crippen LogP contribution is -2.56. The van der Waals surface area contributed by atoms with Crippen LogP contribution in [0, 0.1) is 5.92 Å². The lowest BCUT2D eigenvalue weighted by Gasteiger charge is -2.33. The Hall–Kier alpha value is -0.610. The van der Waals surface area contributed by atoms with Crippen LogP contribution >= 0.6 is 0 Å². The Morgan fingerprint density at radius 3 is 2.00 bits per heavy atom. The molecule has 0 heterocycles. The first kappa shape index (κ1) is 11.4. The van der Waals surface area contributed by atoms with Gasteiger partial charge in [-0.1, -0.05) is 13.8 Å². The Bertz CT molecular complexity index is 170. The molecule has 72 valence electrons. The number of hydrogen-bond acceptors (Lipinski definition) is 3. The van der Waals surface area contributed by atoms with Gasteiger partial charge >= 0.3 is 0 Å². The Morgan fingerprint density at radius 2 is 1.92 bits per heavy atom. The van der Waals surface area contributed by atoms with Crippen molar-refractivity contribution in [2.45, 2.75) is 32.5 Å². The summed E-state index contributed by atoms with van der Waals surface area (Å²) < 4.78 is 4.89. The molecule has 0 rings (SSSR count). The topological polar surface area (TPSA) is 72.6 Å². The van der Waals surface area contributed by atoms with Gasteiger partial charge in [-0.05, 0) is 12.8 Å². The van der Waals surface area contributed by atoms with Crippen molar-refractivity contribution >= 4 is 5.91 Å². The average Bonchev–Trinajstić information content (AvgIpc) is 2.00. The number of aliphatic hydroxyl groups is 1. The molecule has 2 atom stereocenters. The molecular formula is C8H17NO3. The number of methoxy groups -OCH3 is 1. The maximum Gasteiger partial charge on any atom is 0.252 e. The first-order valence-corrected chi connectivity index (χ1v) is 3.92. The van der Waals surface area contributed by atoms with Crippen LogP contribution in [-0.2, 0) is 9.53 Å². The molecule has 0 bridgehead atoms. The van der Waals surface area contributed by atoms with Gasteiger partial charge < -0.3 is 15.6 Å². The fraction of sp³-hybridized carbons (Fsp3) is 0.875. The second-order valence-electron chi connectivity index (χ2n) is 3.22. The van der Waals surface area contributed by atoms with Crippen LogP contribution in [0.25, 0.3) is 0 Å². The maximum absolute atomic E-state index is 11.0. The van der Waals surface area contributed by atoms with Gasteiger partial charge in [0.25, 0.3) is 5.91 Å². The minimum Gasteiger partial charge on any atom is -0.378 e. The maximum atomic E-state index is 11.0. The minimum atomic E-state index is -1.57. The van der Waals surface area contributed by atoms with Crippen molar-refractivity contribution < 1.29 is 14.6 Å². The molecule has 0 aromatic heterocycles. The number of carbonyl (C=O) groups excluding carboxylic acids is 1. The molecular weight excluding hydrogens is 158 g/mol. The van der Waals surface area contributed by atoms with Crippen LogP contribution in [0.5, 0.6) is 0 Å². The van der Waals surface area contributed by atoms with E-state index in [0.717, 1.165) is 0 Å². The summed E-state index contributed by atoms with van der Waals surface area (Å²) in [6.07, 6.45) is -0.588. The van der Waals surface area contributed by atoms with E-state index >= 15 is 0 Å². The van der Waals surface area contributed by atoms with Crippen LogP contribution in [-0.4, -0.2) is 29.8 Å². The lowest BCUT2D eigenvalue weighted by molar-refractivity contribution is -0.159. The highest BCUT2D eigenvalue weighted by Crippen LogP contribution is 2.22. The summed E-state index contributed by atoms with van der Waals surface area (Å²) in [6, 6.07) is 0. The van der Waals surface area contributed by atoms with E-state index in [-0.39, 0.29) is 5.92 Å². The third kappa shape index (κ3) is 1.76. The molecule has 0 spiro atoms. The molecule has 0 unspecified atom stereocenters. The molecule has 0 saturated heterocycles. The van der Waals surface area contributed by atoms with Crippen LogP contribution < -0.4 is 5.73 Å². The quantitative estimate of drug-likeness (QED) is 0.626. The molecule has 1 amide bonds. The van der Waals surface area contributed by atoms with Gasteiger partial charge in [-0.2, -0.15) is 0 Å². The van der Waals surface area contributed by atoms with Crippen LogP contribution in [0.1, 0.15) is 20.8 Å². The molecule has 3 N–H and O–H groups in total. The van der Waals surface area contributed by atoms with Crippen molar-refractivity contribution in [1.82, 2.24) is 0 Å². The second-order valence-corrected chi connectivity index (χ2v) is 3.22. The van der Waals surface area contributed by atoms with Crippen molar-refractivity contribution in [2.75, 3.05) is 7.11 Å². The number of nitrogens with two attached hydrogens (primary N) is 1. The predicted molar refractivity (Wildman–Crippen MR) is 45.5 cm³/mol. The monoisotopic (exact) mass is 175 g/mol. The highest BCUT2D eigenvalue weighted by atomic mass is 16.5. The summed E-state index contributed by atoms with van der Waals surface area (Å²) in [4.78, 5) is 11.0. The molecule has 0 aromatic rings. The average molecular weight is 175 g/mol. The number of carbonyl (C=O) groups is 1. The summed E-state index contributed by atoms with van der Waals surface area (Å²) in [5.41, 5.74) is 3.50. The van der Waals surface area contributed by atoms with Gasteiger partial charge in [0, 0.05) is 7.11 Å². The summed E-state index contributed by atoms with van der Waals surface area (Å²) >= 11 is 0. The van der Waals surface area contributed by atoms with E-state index in [1.54, 1.807) is 20.8 Å². The first-order valence-electron chi connectivity index (χ1n) is 3.92. The van der Waals surface area contributed by atoms with E-state index in [0.29, 0.717) is 0 Å². The van der Waals surface area contributed by atoms with Crippen LogP contribution in [0.3, 0.4) is 0 Å². The van der Waals surface area contributed by atoms with Crippen molar-refractivity contribution in [3.8, 4) is 0 Å². The largest absolute Gasteiger partial charge is 0.378 e. The Morgan fingerprint density at radius 1 is 1.50 bits per heavy atom. The molecule has 4 heteroatoms. The van der Waals surface area contributed by atoms with Gasteiger partial charge in [-0.25, -0.2) is 0 Å². The second kappa shape index (κ2) is 3.87. The lowest BCUT2D eigenvalue weighted by atomic mass is 9.85. The molecule has 4 nitrogen and oxygen atoms in total. The number of amides is 1. The molecule has 0 aliphatic heterocycles. The molecule has 0 saturated carbocycles. The highest BCUT2D eigenvalue weighted by Gasteiger charge is 2.43. The number of primary amides is 1. The third-order valence-electron chi connectivity index (χ3n) is 2.25. The smallest absolute Gasteiger partial charge is 0.252 e. The Balaban J connectivity index is 4.74. The van der Waals surface area contributed by atoms with Crippen LogP contribution in [0.2, 0.25) is 0 Å².